The van der Waals surface area contributed by atoms with Crippen molar-refractivity contribution in [1.82, 2.24) is 0 Å². The molecule has 2 rings (SSSR count). The van der Waals surface area contributed by atoms with E-state index in [0.717, 1.165) is 5.56 Å². The van der Waals surface area contributed by atoms with E-state index in [0.29, 0.717) is 5.75 Å². The van der Waals surface area contributed by atoms with Crippen LogP contribution in [0.15, 0.2) is 66.9 Å². The van der Waals surface area contributed by atoms with E-state index in [-0.39, 0.29) is 0 Å². The van der Waals surface area contributed by atoms with Gasteiger partial charge in [-0.15, -0.1) is 0 Å². The van der Waals surface area contributed by atoms with Crippen LogP contribution in [0.4, 0.5) is 0 Å². The average molecular weight is 259 g/mol. The molecule has 0 bridgehead atoms. The normalized spacial score (nSPS) is 11.2. The van der Waals surface area contributed by atoms with Crippen molar-refractivity contribution in [2.45, 2.75) is 0 Å². The van der Waals surface area contributed by atoms with Gasteiger partial charge in [0.2, 0.25) is 0 Å². The number of hydrogen-bond acceptors (Lipinski definition) is 3. The monoisotopic (exact) mass is 259 g/mol. The van der Waals surface area contributed by atoms with Crippen LogP contribution in [0.3, 0.4) is 0 Å². The minimum absolute atomic E-state index is 0.520. The number of para-hydroxylation sites is 1. The minimum atomic E-state index is -2.19. The highest BCUT2D eigenvalue weighted by molar-refractivity contribution is 7.33. The van der Waals surface area contributed by atoms with E-state index in [2.05, 4.69) is 0 Å². The van der Waals surface area contributed by atoms with Crippen LogP contribution in [0.1, 0.15) is 5.56 Å². The molecule has 2 aromatic carbocycles. The Morgan fingerprint density at radius 1 is 0.889 bits per heavy atom. The fourth-order valence-electron chi connectivity index (χ4n) is 1.31. The summed E-state index contributed by atoms with van der Waals surface area (Å²) in [4.78, 5) is 0. The van der Waals surface area contributed by atoms with Gasteiger partial charge in [0, 0.05) is 4.57 Å². The molecule has 0 aliphatic carbocycles. The Morgan fingerprint density at radius 2 is 1.50 bits per heavy atom. The highest BCUT2D eigenvalue weighted by atomic mass is 31.1. The van der Waals surface area contributed by atoms with Crippen LogP contribution in [0.2, 0.25) is 0 Å². The van der Waals surface area contributed by atoms with E-state index in [4.69, 9.17) is 9.05 Å². The van der Waals surface area contributed by atoms with Crippen LogP contribution in [-0.2, 0) is 9.09 Å². The van der Waals surface area contributed by atoms with Crippen LogP contribution >= 0.6 is 8.25 Å². The Morgan fingerprint density at radius 3 is 2.17 bits per heavy atom. The van der Waals surface area contributed by atoms with E-state index < -0.39 is 8.25 Å². The molecule has 2 aromatic rings. The summed E-state index contributed by atoms with van der Waals surface area (Å²) in [6.07, 6.45) is 3.10. The zero-order valence-corrected chi connectivity index (χ0v) is 10.5. The molecule has 3 nitrogen and oxygen atoms in total. The fourth-order valence-corrected chi connectivity index (χ4v) is 1.81. The smallest absolute Gasteiger partial charge is 0.230 e. The maximum absolute atomic E-state index is 11.5. The third-order valence-electron chi connectivity index (χ3n) is 2.13. The van der Waals surface area contributed by atoms with Gasteiger partial charge in [0.25, 0.3) is 0 Å². The molecule has 18 heavy (non-hydrogen) atoms. The van der Waals surface area contributed by atoms with Gasteiger partial charge in [0.05, 0.1) is 0 Å². The molecule has 90 valence electrons. The van der Waals surface area contributed by atoms with Crippen molar-refractivity contribution in [3.63, 3.8) is 0 Å². The average Bonchev–Trinajstić information content (AvgIpc) is 2.41. The van der Waals surface area contributed by atoms with E-state index in [1.165, 1.54) is 6.26 Å². The molecule has 0 fully saturated rings. The second-order valence-electron chi connectivity index (χ2n) is 3.45. The summed E-state index contributed by atoms with van der Waals surface area (Å²) in [6.45, 7) is 0. The zero-order chi connectivity index (χ0) is 12.6. The molecular formula is C14H12O3P+. The van der Waals surface area contributed by atoms with Gasteiger partial charge in [-0.25, -0.2) is 9.05 Å². The molecule has 0 saturated heterocycles. The standard InChI is InChI=1S/C14H12O3P/c15-18(17-14-9-5-2-6-10-14)16-12-11-13-7-3-1-4-8-13/h1-12H/q+1/b12-11+. The predicted molar refractivity (Wildman–Crippen MR) is 71.2 cm³/mol. The van der Waals surface area contributed by atoms with Crippen LogP contribution < -0.4 is 4.52 Å². The van der Waals surface area contributed by atoms with Crippen molar-refractivity contribution in [3.8, 4) is 5.75 Å². The van der Waals surface area contributed by atoms with Crippen molar-refractivity contribution in [3.05, 3.63) is 72.5 Å². The first-order valence-electron chi connectivity index (χ1n) is 5.43. The van der Waals surface area contributed by atoms with Crippen LogP contribution in [0.5, 0.6) is 5.75 Å². The second-order valence-corrected chi connectivity index (χ2v) is 4.29. The fraction of sp³-hybridized carbons (Fsp3) is 0. The summed E-state index contributed by atoms with van der Waals surface area (Å²) in [5.41, 5.74) is 0.973. The third kappa shape index (κ3) is 4.04. The minimum Gasteiger partial charge on any atom is -0.230 e. The van der Waals surface area contributed by atoms with E-state index >= 15 is 0 Å². The zero-order valence-electron chi connectivity index (χ0n) is 9.60. The first-order chi connectivity index (χ1) is 8.84. The lowest BCUT2D eigenvalue weighted by atomic mass is 10.2. The summed E-state index contributed by atoms with van der Waals surface area (Å²) in [5, 5.41) is 0. The van der Waals surface area contributed by atoms with Crippen molar-refractivity contribution >= 4 is 14.3 Å². The summed E-state index contributed by atoms with van der Waals surface area (Å²) in [5.74, 6) is 0.520. The molecule has 4 heteroatoms. The molecule has 0 aliphatic heterocycles. The maximum atomic E-state index is 11.5. The molecule has 0 aliphatic rings. The number of benzene rings is 2. The van der Waals surface area contributed by atoms with E-state index in [9.17, 15) is 4.57 Å². The van der Waals surface area contributed by atoms with Gasteiger partial charge < -0.3 is 0 Å². The largest absolute Gasteiger partial charge is 0.804 e. The van der Waals surface area contributed by atoms with Gasteiger partial charge in [0.1, 0.15) is 0 Å². The highest BCUT2D eigenvalue weighted by Crippen LogP contribution is 2.27. The predicted octanol–water partition coefficient (Wildman–Crippen LogP) is 4.41. The molecule has 0 N–H and O–H groups in total. The van der Waals surface area contributed by atoms with Crippen molar-refractivity contribution in [2.75, 3.05) is 0 Å². The van der Waals surface area contributed by atoms with Crippen molar-refractivity contribution < 1.29 is 13.6 Å². The van der Waals surface area contributed by atoms with Gasteiger partial charge >= 0.3 is 8.25 Å². The first kappa shape index (κ1) is 12.3. The van der Waals surface area contributed by atoms with Gasteiger partial charge in [-0.3, -0.25) is 0 Å². The van der Waals surface area contributed by atoms with Crippen molar-refractivity contribution in [1.29, 1.82) is 0 Å². The Hall–Kier alpha value is -2.12. The number of hydrogen-bond donors (Lipinski definition) is 0. The Kier molecular flexibility index (Phi) is 4.51. The lowest BCUT2D eigenvalue weighted by Crippen LogP contribution is -1.81. The van der Waals surface area contributed by atoms with Crippen LogP contribution in [0, 0.1) is 0 Å². The third-order valence-corrected chi connectivity index (χ3v) is 2.78. The molecule has 0 aromatic heterocycles. The Bertz CT molecular complexity index is 523. The molecule has 1 atom stereocenters. The van der Waals surface area contributed by atoms with Gasteiger partial charge in [-0.05, 0) is 23.8 Å². The molecule has 0 radical (unpaired) electrons. The molecule has 0 spiro atoms. The van der Waals surface area contributed by atoms with Crippen LogP contribution in [0.25, 0.3) is 6.08 Å². The Labute approximate surface area is 107 Å². The van der Waals surface area contributed by atoms with Gasteiger partial charge in [0.15, 0.2) is 12.0 Å². The van der Waals surface area contributed by atoms with E-state index in [1.807, 2.05) is 36.4 Å². The molecule has 0 amide bonds. The summed E-state index contributed by atoms with van der Waals surface area (Å²) < 4.78 is 21.5. The topological polar surface area (TPSA) is 35.5 Å². The first-order valence-corrected chi connectivity index (χ1v) is 6.53. The number of rotatable bonds is 5. The summed E-state index contributed by atoms with van der Waals surface area (Å²) >= 11 is 0. The molecule has 0 heterocycles. The van der Waals surface area contributed by atoms with E-state index in [1.54, 1.807) is 30.3 Å². The quantitative estimate of drug-likeness (QED) is 0.589. The van der Waals surface area contributed by atoms with Crippen LogP contribution in [-0.4, -0.2) is 0 Å². The lowest BCUT2D eigenvalue weighted by molar-refractivity contribution is 0.385. The maximum Gasteiger partial charge on any atom is 0.804 e. The second kappa shape index (κ2) is 6.58. The van der Waals surface area contributed by atoms with Gasteiger partial charge in [-0.1, -0.05) is 48.5 Å². The summed E-state index contributed by atoms with van der Waals surface area (Å²) in [7, 11) is -2.19. The molecule has 1 unspecified atom stereocenters. The molecule has 0 saturated carbocycles. The molecular weight excluding hydrogens is 247 g/mol. The Balaban J connectivity index is 1.84. The van der Waals surface area contributed by atoms with Gasteiger partial charge in [-0.2, -0.15) is 0 Å². The summed E-state index contributed by atoms with van der Waals surface area (Å²) in [6, 6.07) is 18.5. The SMILES string of the molecule is O=[P+](O/C=C/c1ccccc1)Oc1ccccc1. The lowest BCUT2D eigenvalue weighted by Gasteiger charge is -1.90. The van der Waals surface area contributed by atoms with Crippen molar-refractivity contribution in [2.24, 2.45) is 0 Å². The highest BCUT2D eigenvalue weighted by Gasteiger charge is 2.20.